The lowest BCUT2D eigenvalue weighted by molar-refractivity contribution is 0.0539. The van der Waals surface area contributed by atoms with Crippen LogP contribution in [0.1, 0.15) is 178 Å². The molecule has 2 aromatic heterocycles. The quantitative estimate of drug-likeness (QED) is 0.0631. The molecule has 3 aliphatic rings. The molecule has 498 valence electrons. The SMILES string of the molecule is CCCCN(CCCC)C(=O)c1cc(C)n(-c2ccc(-c3ccc(C(=O)N4CCCC4)c(F)c3)cc2C(=O)N2Cc3ccccc3C[C@H]2CO)n1.CCCCN(CCCC)C(=O)c1cc(C)n(-c2ccc(-c3ccccc3F)cc2C(=O)N2Cc3ccccc3C[C@H]2CO)n1. The number of hydrogen-bond acceptors (Lipinski definition) is 9. The number of aryl methyl sites for hydroxylation is 2. The third-order valence-corrected chi connectivity index (χ3v) is 18.6. The molecule has 3 aliphatic heterocycles. The van der Waals surface area contributed by atoms with Crippen LogP contribution in [0.4, 0.5) is 8.78 Å². The lowest BCUT2D eigenvalue weighted by Gasteiger charge is -2.36. The number of hydrogen-bond donors (Lipinski definition) is 2. The van der Waals surface area contributed by atoms with Crippen LogP contribution in [-0.2, 0) is 25.9 Å². The van der Waals surface area contributed by atoms with Crippen LogP contribution in [0, 0.1) is 25.5 Å². The van der Waals surface area contributed by atoms with Crippen LogP contribution in [0.3, 0.4) is 0 Å². The highest BCUT2D eigenvalue weighted by molar-refractivity contribution is 6.01. The van der Waals surface area contributed by atoms with E-state index < -0.39 is 17.9 Å². The van der Waals surface area contributed by atoms with Gasteiger partial charge in [-0.1, -0.05) is 138 Å². The average molecular weight is 1290 g/mol. The van der Waals surface area contributed by atoms with Gasteiger partial charge in [-0.05, 0) is 159 Å². The second-order valence-corrected chi connectivity index (χ2v) is 25.3. The molecule has 1 saturated heterocycles. The fourth-order valence-corrected chi connectivity index (χ4v) is 13.1. The molecule has 16 nitrogen and oxygen atoms in total. The first kappa shape index (κ1) is 68.7. The molecule has 8 aromatic rings. The monoisotopic (exact) mass is 1290 g/mol. The fraction of sp³-hybridized carbons (Fsp3) is 0.390. The molecule has 0 bridgehead atoms. The van der Waals surface area contributed by atoms with Crippen LogP contribution in [0.5, 0.6) is 0 Å². The van der Waals surface area contributed by atoms with Gasteiger partial charge in [-0.3, -0.25) is 24.0 Å². The maximum Gasteiger partial charge on any atom is 0.274 e. The highest BCUT2D eigenvalue weighted by Gasteiger charge is 2.35. The Morgan fingerprint density at radius 2 is 0.884 bits per heavy atom. The van der Waals surface area contributed by atoms with Crippen LogP contribution in [0.25, 0.3) is 33.6 Å². The Bertz CT molecular complexity index is 4030. The number of fused-ring (bicyclic) bond motifs is 2. The Morgan fingerprint density at radius 1 is 0.474 bits per heavy atom. The molecule has 5 amide bonds. The largest absolute Gasteiger partial charge is 0.394 e. The molecular formula is C77H89F2N9O7. The topological polar surface area (TPSA) is 178 Å². The molecule has 0 spiro atoms. The van der Waals surface area contributed by atoms with Gasteiger partial charge in [0.05, 0.1) is 53.4 Å². The third-order valence-electron chi connectivity index (χ3n) is 18.6. The summed E-state index contributed by atoms with van der Waals surface area (Å²) < 4.78 is 33.7. The molecule has 2 N–H and O–H groups in total. The lowest BCUT2D eigenvalue weighted by atomic mass is 9.93. The van der Waals surface area contributed by atoms with Crippen molar-refractivity contribution < 1.29 is 43.0 Å². The number of carbonyl (C=O) groups excluding carboxylic acids is 5. The van der Waals surface area contributed by atoms with Gasteiger partial charge in [0.1, 0.15) is 11.6 Å². The predicted octanol–water partition coefficient (Wildman–Crippen LogP) is 13.4. The Kier molecular flexibility index (Phi) is 23.1. The molecule has 0 aliphatic carbocycles. The molecule has 0 radical (unpaired) electrons. The van der Waals surface area contributed by atoms with Crippen molar-refractivity contribution in [1.29, 1.82) is 0 Å². The molecule has 0 saturated carbocycles. The van der Waals surface area contributed by atoms with Crippen molar-refractivity contribution >= 4 is 29.5 Å². The first-order valence-corrected chi connectivity index (χ1v) is 33.9. The first-order chi connectivity index (χ1) is 46.1. The predicted molar refractivity (Wildman–Crippen MR) is 366 cm³/mol. The van der Waals surface area contributed by atoms with Gasteiger partial charge in [0.15, 0.2) is 11.4 Å². The summed E-state index contributed by atoms with van der Waals surface area (Å²) in [6, 6.07) is 40.1. The minimum Gasteiger partial charge on any atom is -0.394 e. The van der Waals surface area contributed by atoms with Crippen molar-refractivity contribution in [2.24, 2.45) is 0 Å². The summed E-state index contributed by atoms with van der Waals surface area (Å²) in [4.78, 5) is 78.2. The Morgan fingerprint density at radius 3 is 1.33 bits per heavy atom. The molecule has 95 heavy (non-hydrogen) atoms. The second-order valence-electron chi connectivity index (χ2n) is 25.3. The number of aliphatic hydroxyl groups is 2. The van der Waals surface area contributed by atoms with E-state index in [1.54, 1.807) is 96.9 Å². The number of halogens is 2. The summed E-state index contributed by atoms with van der Waals surface area (Å²) in [5.74, 6) is -2.19. The van der Waals surface area contributed by atoms with Crippen molar-refractivity contribution in [3.8, 4) is 33.6 Å². The van der Waals surface area contributed by atoms with Gasteiger partial charge in [-0.2, -0.15) is 10.2 Å². The van der Waals surface area contributed by atoms with Crippen LogP contribution in [-0.4, -0.2) is 148 Å². The van der Waals surface area contributed by atoms with Gasteiger partial charge < -0.3 is 34.7 Å². The zero-order chi connectivity index (χ0) is 67.3. The molecule has 2 atom stereocenters. The number of unbranched alkanes of at least 4 members (excludes halogenated alkanes) is 4. The molecular weight excluding hydrogens is 1200 g/mol. The highest BCUT2D eigenvalue weighted by atomic mass is 19.1. The Labute approximate surface area is 556 Å². The minimum absolute atomic E-state index is 0.0302. The number of aromatic nitrogens is 4. The Balaban J connectivity index is 0.000000209. The number of likely N-dealkylation sites (tertiary alicyclic amines) is 1. The summed E-state index contributed by atoms with van der Waals surface area (Å²) in [6.45, 7) is 16.3. The van der Waals surface area contributed by atoms with E-state index >= 15 is 4.39 Å². The number of aliphatic hydroxyl groups excluding tert-OH is 2. The van der Waals surface area contributed by atoms with Crippen LogP contribution >= 0.6 is 0 Å². The zero-order valence-corrected chi connectivity index (χ0v) is 55.7. The van der Waals surface area contributed by atoms with E-state index in [0.717, 1.165) is 86.5 Å². The number of nitrogens with zero attached hydrogens (tertiary/aromatic N) is 9. The van der Waals surface area contributed by atoms with E-state index in [9.17, 15) is 38.6 Å². The summed E-state index contributed by atoms with van der Waals surface area (Å²) >= 11 is 0. The minimum atomic E-state index is -0.615. The van der Waals surface area contributed by atoms with Gasteiger partial charge in [-0.15, -0.1) is 0 Å². The van der Waals surface area contributed by atoms with Gasteiger partial charge in [0.25, 0.3) is 29.5 Å². The molecule has 5 heterocycles. The van der Waals surface area contributed by atoms with E-state index in [0.29, 0.717) is 133 Å². The molecule has 1 fully saturated rings. The van der Waals surface area contributed by atoms with Crippen molar-refractivity contribution in [1.82, 2.24) is 44.1 Å². The summed E-state index contributed by atoms with van der Waals surface area (Å²) in [5, 5.41) is 30.3. The van der Waals surface area contributed by atoms with Gasteiger partial charge >= 0.3 is 0 Å². The lowest BCUT2D eigenvalue weighted by Crippen LogP contribution is -2.46. The molecule has 6 aromatic carbocycles. The number of rotatable bonds is 23. The maximum absolute atomic E-state index is 15.5. The van der Waals surface area contributed by atoms with Crippen LogP contribution in [0.15, 0.2) is 140 Å². The zero-order valence-electron chi connectivity index (χ0n) is 55.7. The van der Waals surface area contributed by atoms with E-state index in [1.165, 1.54) is 18.2 Å². The van der Waals surface area contributed by atoms with Crippen molar-refractivity contribution in [2.45, 2.75) is 144 Å². The van der Waals surface area contributed by atoms with Crippen LogP contribution in [0.2, 0.25) is 0 Å². The van der Waals surface area contributed by atoms with Gasteiger partial charge in [-0.25, -0.2) is 18.1 Å². The first-order valence-electron chi connectivity index (χ1n) is 33.9. The van der Waals surface area contributed by atoms with Gasteiger partial charge in [0.2, 0.25) is 0 Å². The molecule has 11 rings (SSSR count). The average Bonchev–Trinajstić information content (AvgIpc) is 1.76. The Hall–Kier alpha value is -9.13. The normalized spacial score (nSPS) is 15.0. The van der Waals surface area contributed by atoms with E-state index in [-0.39, 0.29) is 54.1 Å². The summed E-state index contributed by atoms with van der Waals surface area (Å²) in [7, 11) is 0. The fourth-order valence-electron chi connectivity index (χ4n) is 13.1. The number of amides is 5. The third kappa shape index (κ3) is 15.5. The summed E-state index contributed by atoms with van der Waals surface area (Å²) in [6.07, 6.45) is 10.4. The molecule has 18 heteroatoms. The van der Waals surface area contributed by atoms with E-state index in [4.69, 9.17) is 10.2 Å². The van der Waals surface area contributed by atoms with Crippen LogP contribution < -0.4 is 0 Å². The van der Waals surface area contributed by atoms with Crippen molar-refractivity contribution in [2.75, 3.05) is 52.5 Å². The summed E-state index contributed by atoms with van der Waals surface area (Å²) in [5.41, 5.74) is 9.94. The van der Waals surface area contributed by atoms with Crippen molar-refractivity contribution in [3.05, 3.63) is 213 Å². The van der Waals surface area contributed by atoms with Gasteiger partial charge in [0, 0.05) is 69.3 Å². The number of carbonyl (C=O) groups is 5. The number of benzene rings is 6. The maximum atomic E-state index is 15.5. The molecule has 0 unspecified atom stereocenters. The van der Waals surface area contributed by atoms with E-state index in [2.05, 4.69) is 27.7 Å². The second kappa shape index (κ2) is 31.9. The van der Waals surface area contributed by atoms with E-state index in [1.807, 2.05) is 72.2 Å². The van der Waals surface area contributed by atoms with Crippen molar-refractivity contribution in [3.63, 3.8) is 0 Å². The standard InChI is InChI=1S/C41H48FN5O4.C36H41FN4O3/c1-4-6-18-45(19-7-5-2)41(51)37-22-28(3)47(43-37)38-17-15-30(31-14-16-34(36(42)25-31)39(49)44-20-10-11-21-44)24-35(38)40(50)46-26-32-13-9-8-12-29(32)23-33(46)27-48;1-4-6-18-39(19-7-5-2)36(44)33-20-25(3)41(38-33)34-17-16-27(30-14-10-11-15-32(30)37)22-31(34)35(43)40-23-28-13-9-8-12-26(28)21-29(40)24-42/h8-9,12-17,22,24-25,33,48H,4-7,10-11,18-21,23,26-27H2,1-3H3;8-17,20,22,29,42H,4-7,18-19,21,23-24H2,1-3H3/t33-;29-/m00/s1. The smallest absolute Gasteiger partial charge is 0.274 e. The highest BCUT2D eigenvalue weighted by Crippen LogP contribution is 2.35.